The van der Waals surface area contributed by atoms with E-state index < -0.39 is 0 Å². The van der Waals surface area contributed by atoms with Gasteiger partial charge in [-0.25, -0.2) is 9.97 Å². The lowest BCUT2D eigenvalue weighted by Gasteiger charge is -2.13. The number of aromatic nitrogens is 6. The van der Waals surface area contributed by atoms with Crippen LogP contribution in [0.4, 0.5) is 0 Å². The molecule has 0 atom stereocenters. The Morgan fingerprint density at radius 2 is 1.05 bits per heavy atom. The Labute approximate surface area is 365 Å². The molecule has 7 heteroatoms. The molecule has 0 bridgehead atoms. The standard InChI is InChI=1S/C56H34N6S/c1-3-12-35(13-4-1)39-30-47(36-14-5-2-6-15-36)59-54(32-39)62-49-19-10-8-17-43(49)45-29-37(22-25-50(45)62)38-21-23-44-42-16-7-9-18-48(42)61(51(44)31-38)41-28-40(33-57-34-41)46-24-26-53-56(60-46)55-52(63-53)20-11-27-58-55/h1-34H. The summed E-state index contributed by atoms with van der Waals surface area (Å²) in [5.41, 5.74) is 15.7. The van der Waals surface area contributed by atoms with Gasteiger partial charge in [0.05, 0.1) is 54.7 Å². The molecule has 0 radical (unpaired) electrons. The van der Waals surface area contributed by atoms with E-state index in [2.05, 4.69) is 190 Å². The Morgan fingerprint density at radius 3 is 1.89 bits per heavy atom. The molecule has 0 fully saturated rings. The number of thiophene rings is 1. The van der Waals surface area contributed by atoms with Gasteiger partial charge in [-0.15, -0.1) is 11.3 Å². The van der Waals surface area contributed by atoms with Gasteiger partial charge in [-0.2, -0.15) is 0 Å². The van der Waals surface area contributed by atoms with Gasteiger partial charge in [0.1, 0.15) is 16.9 Å². The van der Waals surface area contributed by atoms with Crippen LogP contribution in [0.15, 0.2) is 207 Å². The van der Waals surface area contributed by atoms with Crippen molar-refractivity contribution in [3.8, 4) is 56.3 Å². The second-order valence-electron chi connectivity index (χ2n) is 15.9. The van der Waals surface area contributed by atoms with Gasteiger partial charge in [0.25, 0.3) is 0 Å². The topological polar surface area (TPSA) is 61.4 Å². The summed E-state index contributed by atoms with van der Waals surface area (Å²) in [4.78, 5) is 19.9. The SMILES string of the molecule is c1ccc(-c2cc(-c3ccccc3)nc(-n3c4ccccc4c4cc(-c5ccc6c7ccccc7n(-c7cncc(-c8ccc9sc%10cccnc%10c9n8)c7)c6c5)ccc43)c2)cc1. The normalized spacial score (nSPS) is 11.8. The summed E-state index contributed by atoms with van der Waals surface area (Å²) in [5.74, 6) is 0.881. The molecule has 0 aliphatic rings. The van der Waals surface area contributed by atoms with Crippen molar-refractivity contribution in [2.24, 2.45) is 0 Å². The molecule has 0 saturated carbocycles. The Balaban J connectivity index is 0.961. The fourth-order valence-electron chi connectivity index (χ4n) is 9.33. The maximum absolute atomic E-state index is 5.34. The third kappa shape index (κ3) is 5.78. The number of para-hydroxylation sites is 2. The molecule has 63 heavy (non-hydrogen) atoms. The smallest absolute Gasteiger partial charge is 0.138 e. The number of nitrogens with zero attached hydrogens (tertiary/aromatic N) is 6. The molecule has 0 aliphatic carbocycles. The van der Waals surface area contributed by atoms with Crippen LogP contribution >= 0.6 is 11.3 Å². The number of rotatable bonds is 6. The van der Waals surface area contributed by atoms with Crippen molar-refractivity contribution in [1.82, 2.24) is 29.1 Å². The van der Waals surface area contributed by atoms with Gasteiger partial charge in [-0.05, 0) is 95.1 Å². The molecule has 13 aromatic rings. The zero-order chi connectivity index (χ0) is 41.4. The van der Waals surface area contributed by atoms with E-state index >= 15 is 0 Å². The largest absolute Gasteiger partial charge is 0.308 e. The van der Waals surface area contributed by atoms with Crippen LogP contribution < -0.4 is 0 Å². The molecule has 0 N–H and O–H groups in total. The van der Waals surface area contributed by atoms with Crippen molar-refractivity contribution >= 4 is 75.4 Å². The minimum atomic E-state index is 0.870. The van der Waals surface area contributed by atoms with E-state index in [9.17, 15) is 0 Å². The highest BCUT2D eigenvalue weighted by Gasteiger charge is 2.19. The fourth-order valence-corrected chi connectivity index (χ4v) is 10.3. The van der Waals surface area contributed by atoms with Crippen LogP contribution in [0.3, 0.4) is 0 Å². The summed E-state index contributed by atoms with van der Waals surface area (Å²) in [6.45, 7) is 0. The van der Waals surface area contributed by atoms with E-state index in [1.54, 1.807) is 11.3 Å². The number of fused-ring (bicyclic) bond motifs is 9. The van der Waals surface area contributed by atoms with Crippen molar-refractivity contribution in [2.75, 3.05) is 0 Å². The Kier molecular flexibility index (Phi) is 7.98. The number of hydrogen-bond acceptors (Lipinski definition) is 5. The highest BCUT2D eigenvalue weighted by Crippen LogP contribution is 2.40. The van der Waals surface area contributed by atoms with Crippen molar-refractivity contribution < 1.29 is 0 Å². The molecule has 0 unspecified atom stereocenters. The molecule has 0 amide bonds. The van der Waals surface area contributed by atoms with Crippen LogP contribution in [-0.4, -0.2) is 29.1 Å². The molecule has 6 aromatic carbocycles. The second-order valence-corrected chi connectivity index (χ2v) is 17.0. The maximum atomic E-state index is 5.34. The van der Waals surface area contributed by atoms with E-state index in [0.29, 0.717) is 0 Å². The monoisotopic (exact) mass is 822 g/mol. The summed E-state index contributed by atoms with van der Waals surface area (Å²) >= 11 is 1.72. The van der Waals surface area contributed by atoms with E-state index in [-0.39, 0.29) is 0 Å². The van der Waals surface area contributed by atoms with Crippen molar-refractivity contribution in [3.05, 3.63) is 207 Å². The number of pyridine rings is 4. The minimum absolute atomic E-state index is 0.870. The lowest BCUT2D eigenvalue weighted by molar-refractivity contribution is 1.08. The Morgan fingerprint density at radius 1 is 0.365 bits per heavy atom. The molecular weight excluding hydrogens is 789 g/mol. The van der Waals surface area contributed by atoms with Gasteiger partial charge < -0.3 is 4.57 Å². The van der Waals surface area contributed by atoms with Crippen LogP contribution in [0.25, 0.3) is 120 Å². The van der Waals surface area contributed by atoms with E-state index in [1.165, 1.54) is 21.5 Å². The van der Waals surface area contributed by atoms with Gasteiger partial charge in [-0.3, -0.25) is 14.5 Å². The molecule has 7 heterocycles. The average molecular weight is 823 g/mol. The summed E-state index contributed by atoms with van der Waals surface area (Å²) in [7, 11) is 0. The first kappa shape index (κ1) is 35.5. The predicted octanol–water partition coefficient (Wildman–Crippen LogP) is 14.5. The van der Waals surface area contributed by atoms with E-state index in [4.69, 9.17) is 15.0 Å². The maximum Gasteiger partial charge on any atom is 0.138 e. The number of benzene rings is 6. The van der Waals surface area contributed by atoms with Crippen LogP contribution in [0.2, 0.25) is 0 Å². The molecule has 0 saturated heterocycles. The number of hydrogen-bond donors (Lipinski definition) is 0. The third-order valence-electron chi connectivity index (χ3n) is 12.2. The van der Waals surface area contributed by atoms with E-state index in [0.717, 1.165) is 98.8 Å². The average Bonchev–Trinajstić information content (AvgIpc) is 4.01. The summed E-state index contributed by atoms with van der Waals surface area (Å²) in [5, 5.41) is 4.73. The summed E-state index contributed by atoms with van der Waals surface area (Å²) in [6.07, 6.45) is 5.69. The molecule has 294 valence electrons. The molecular formula is C56H34N6S. The first-order valence-corrected chi connectivity index (χ1v) is 21.8. The Bertz CT molecular complexity index is 3860. The highest BCUT2D eigenvalue weighted by molar-refractivity contribution is 7.25. The summed E-state index contributed by atoms with van der Waals surface area (Å²) in [6, 6.07) is 66.9. The van der Waals surface area contributed by atoms with Crippen molar-refractivity contribution in [2.45, 2.75) is 0 Å². The van der Waals surface area contributed by atoms with Gasteiger partial charge in [0.15, 0.2) is 0 Å². The molecule has 13 rings (SSSR count). The van der Waals surface area contributed by atoms with Gasteiger partial charge in [-0.1, -0.05) is 115 Å². The van der Waals surface area contributed by atoms with Crippen molar-refractivity contribution in [1.29, 1.82) is 0 Å². The first-order valence-electron chi connectivity index (χ1n) is 21.0. The molecule has 6 nitrogen and oxygen atoms in total. The highest BCUT2D eigenvalue weighted by atomic mass is 32.1. The van der Waals surface area contributed by atoms with Crippen LogP contribution in [0.5, 0.6) is 0 Å². The van der Waals surface area contributed by atoms with Gasteiger partial charge in [0, 0.05) is 45.1 Å². The molecule has 0 spiro atoms. The zero-order valence-corrected chi connectivity index (χ0v) is 34.5. The first-order chi connectivity index (χ1) is 31.2. The zero-order valence-electron chi connectivity index (χ0n) is 33.7. The van der Waals surface area contributed by atoms with Crippen LogP contribution in [-0.2, 0) is 0 Å². The predicted molar refractivity (Wildman–Crippen MR) is 261 cm³/mol. The summed E-state index contributed by atoms with van der Waals surface area (Å²) < 4.78 is 6.92. The van der Waals surface area contributed by atoms with Crippen LogP contribution in [0, 0.1) is 0 Å². The second kappa shape index (κ2) is 14.2. The van der Waals surface area contributed by atoms with E-state index in [1.807, 2.05) is 30.7 Å². The van der Waals surface area contributed by atoms with Crippen LogP contribution in [0.1, 0.15) is 0 Å². The van der Waals surface area contributed by atoms with Crippen molar-refractivity contribution in [3.63, 3.8) is 0 Å². The quantitative estimate of drug-likeness (QED) is 0.168. The Hall–Kier alpha value is -8.26. The van der Waals surface area contributed by atoms with Gasteiger partial charge >= 0.3 is 0 Å². The minimum Gasteiger partial charge on any atom is -0.308 e. The lowest BCUT2D eigenvalue weighted by atomic mass is 10.0. The third-order valence-corrected chi connectivity index (χ3v) is 13.3. The van der Waals surface area contributed by atoms with Gasteiger partial charge in [0.2, 0.25) is 0 Å². The lowest BCUT2D eigenvalue weighted by Crippen LogP contribution is -2.00. The fraction of sp³-hybridized carbons (Fsp3) is 0. The molecule has 7 aromatic heterocycles. The molecule has 0 aliphatic heterocycles.